The minimum absolute atomic E-state index is 0.445. The normalized spacial score (nSPS) is 11.2. The first kappa shape index (κ1) is 15.9. The molecule has 0 radical (unpaired) electrons. The van der Waals surface area contributed by atoms with Gasteiger partial charge < -0.3 is 14.8 Å². The maximum atomic E-state index is 6.10. The van der Waals surface area contributed by atoms with Crippen molar-refractivity contribution in [3.05, 3.63) is 17.0 Å². The molecule has 0 aliphatic rings. The topological polar surface area (TPSA) is 73.6 Å². The summed E-state index contributed by atoms with van der Waals surface area (Å²) in [7, 11) is 1.67. The Morgan fingerprint density at radius 2 is 2.14 bits per heavy atom. The van der Waals surface area contributed by atoms with Gasteiger partial charge in [-0.05, 0) is 19.8 Å². The molecule has 2 heterocycles. The number of hydrogen-bond acceptors (Lipinski definition) is 6. The van der Waals surface area contributed by atoms with Crippen molar-refractivity contribution in [3.8, 4) is 0 Å². The summed E-state index contributed by atoms with van der Waals surface area (Å²) in [6.45, 7) is 4.73. The lowest BCUT2D eigenvalue weighted by molar-refractivity contribution is 0.0691. The number of aromatic nitrogens is 4. The first-order valence-electron chi connectivity index (χ1n) is 6.90. The highest BCUT2D eigenvalue weighted by molar-refractivity contribution is 6.30. The Bertz CT molecular complexity index is 575. The molecule has 0 atom stereocenters. The van der Waals surface area contributed by atoms with Crippen LogP contribution in [-0.2, 0) is 9.47 Å². The molecule has 8 heteroatoms. The van der Waals surface area contributed by atoms with Crippen LogP contribution in [0.5, 0.6) is 0 Å². The summed E-state index contributed by atoms with van der Waals surface area (Å²) < 4.78 is 12.0. The molecule has 0 saturated heterocycles. The molecule has 0 amide bonds. The number of rotatable bonds is 9. The average Bonchev–Trinajstić information content (AvgIpc) is 2.93. The highest BCUT2D eigenvalue weighted by Crippen LogP contribution is 2.21. The van der Waals surface area contributed by atoms with Crippen LogP contribution < -0.4 is 5.32 Å². The second kappa shape index (κ2) is 8.11. The van der Waals surface area contributed by atoms with Gasteiger partial charge in [0.25, 0.3) is 5.78 Å². The predicted molar refractivity (Wildman–Crippen MR) is 80.9 cm³/mol. The number of hydrogen-bond donors (Lipinski definition) is 1. The molecule has 116 valence electrons. The van der Waals surface area contributed by atoms with Gasteiger partial charge >= 0.3 is 0 Å². The van der Waals surface area contributed by atoms with Crippen molar-refractivity contribution in [2.45, 2.75) is 19.8 Å². The Morgan fingerprint density at radius 1 is 1.29 bits per heavy atom. The molecule has 0 aromatic carbocycles. The Balaban J connectivity index is 1.81. The molecule has 0 unspecified atom stereocenters. The van der Waals surface area contributed by atoms with Crippen LogP contribution in [0.25, 0.3) is 5.78 Å². The molecule has 0 bridgehead atoms. The standard InChI is InChI=1S/C13H20ClN5O2/c1-10-11(14)18-13-16-9-17-19(13)12(10)15-5-3-4-6-21-8-7-20-2/h9,15H,3-8H2,1-2H3. The molecule has 0 aliphatic heterocycles. The SMILES string of the molecule is COCCOCCCCNc1c(C)c(Cl)nc2ncnn12. The van der Waals surface area contributed by atoms with Crippen molar-refractivity contribution in [1.29, 1.82) is 0 Å². The third-order valence-electron chi connectivity index (χ3n) is 3.04. The molecule has 0 fully saturated rings. The Hall–Kier alpha value is -1.44. The van der Waals surface area contributed by atoms with E-state index >= 15 is 0 Å². The van der Waals surface area contributed by atoms with Crippen molar-refractivity contribution < 1.29 is 9.47 Å². The van der Waals surface area contributed by atoms with Crippen molar-refractivity contribution in [2.75, 3.05) is 38.8 Å². The third kappa shape index (κ3) is 4.26. The van der Waals surface area contributed by atoms with Crippen LogP contribution in [0, 0.1) is 6.92 Å². The van der Waals surface area contributed by atoms with Gasteiger partial charge in [0.2, 0.25) is 0 Å². The third-order valence-corrected chi connectivity index (χ3v) is 3.41. The molecule has 2 aromatic heterocycles. The van der Waals surface area contributed by atoms with Crippen molar-refractivity contribution in [3.63, 3.8) is 0 Å². The van der Waals surface area contributed by atoms with Crippen LogP contribution in [-0.4, -0.2) is 53.1 Å². The fraction of sp³-hybridized carbons (Fsp3) is 0.615. The van der Waals surface area contributed by atoms with Gasteiger partial charge in [0.1, 0.15) is 17.3 Å². The van der Waals surface area contributed by atoms with Gasteiger partial charge in [0, 0.05) is 25.8 Å². The number of unbranched alkanes of at least 4 members (excludes halogenated alkanes) is 1. The number of methoxy groups -OCH3 is 1. The molecule has 2 aromatic rings. The van der Waals surface area contributed by atoms with E-state index in [1.807, 2.05) is 6.92 Å². The molecule has 1 N–H and O–H groups in total. The first-order valence-corrected chi connectivity index (χ1v) is 7.28. The lowest BCUT2D eigenvalue weighted by Crippen LogP contribution is -2.11. The zero-order valence-electron chi connectivity index (χ0n) is 12.3. The summed E-state index contributed by atoms with van der Waals surface area (Å²) in [5.41, 5.74) is 0.867. The molecule has 0 aliphatic carbocycles. The smallest absolute Gasteiger partial charge is 0.255 e. The summed E-state index contributed by atoms with van der Waals surface area (Å²) in [5.74, 6) is 1.33. The van der Waals surface area contributed by atoms with Crippen LogP contribution in [0.2, 0.25) is 5.15 Å². The Labute approximate surface area is 128 Å². The Kier molecular flexibility index (Phi) is 6.16. The van der Waals surface area contributed by atoms with Crippen molar-refractivity contribution in [2.24, 2.45) is 0 Å². The van der Waals surface area contributed by atoms with E-state index in [0.717, 1.165) is 37.4 Å². The number of fused-ring (bicyclic) bond motifs is 1. The zero-order chi connectivity index (χ0) is 15.1. The monoisotopic (exact) mass is 313 g/mol. The summed E-state index contributed by atoms with van der Waals surface area (Å²) >= 11 is 6.10. The van der Waals surface area contributed by atoms with Gasteiger partial charge in [-0.3, -0.25) is 0 Å². The summed E-state index contributed by atoms with van der Waals surface area (Å²) in [5, 5.41) is 7.94. The fourth-order valence-electron chi connectivity index (χ4n) is 1.89. The second-order valence-electron chi connectivity index (χ2n) is 4.59. The zero-order valence-corrected chi connectivity index (χ0v) is 13.1. The van der Waals surface area contributed by atoms with Crippen LogP contribution in [0.3, 0.4) is 0 Å². The van der Waals surface area contributed by atoms with E-state index < -0.39 is 0 Å². The van der Waals surface area contributed by atoms with Gasteiger partial charge in [-0.1, -0.05) is 11.6 Å². The predicted octanol–water partition coefficient (Wildman–Crippen LogP) is 1.94. The van der Waals surface area contributed by atoms with Crippen LogP contribution in [0.1, 0.15) is 18.4 Å². The van der Waals surface area contributed by atoms with E-state index in [1.54, 1.807) is 11.6 Å². The Morgan fingerprint density at radius 3 is 2.95 bits per heavy atom. The van der Waals surface area contributed by atoms with Crippen LogP contribution in [0.4, 0.5) is 5.82 Å². The van der Waals surface area contributed by atoms with Gasteiger partial charge in [-0.2, -0.15) is 19.6 Å². The minimum Gasteiger partial charge on any atom is -0.382 e. The van der Waals surface area contributed by atoms with E-state index in [1.165, 1.54) is 6.33 Å². The summed E-state index contributed by atoms with van der Waals surface area (Å²) in [6.07, 6.45) is 3.44. The summed E-state index contributed by atoms with van der Waals surface area (Å²) in [4.78, 5) is 8.22. The van der Waals surface area contributed by atoms with Crippen molar-refractivity contribution in [1.82, 2.24) is 19.6 Å². The van der Waals surface area contributed by atoms with E-state index in [0.29, 0.717) is 24.1 Å². The molecule has 2 rings (SSSR count). The number of nitrogens with one attached hydrogen (secondary N) is 1. The largest absolute Gasteiger partial charge is 0.382 e. The maximum Gasteiger partial charge on any atom is 0.255 e. The average molecular weight is 314 g/mol. The fourth-order valence-corrected chi connectivity index (χ4v) is 2.05. The van der Waals surface area contributed by atoms with Crippen LogP contribution in [0.15, 0.2) is 6.33 Å². The van der Waals surface area contributed by atoms with E-state index in [-0.39, 0.29) is 0 Å². The lowest BCUT2D eigenvalue weighted by atomic mass is 10.3. The molecule has 0 saturated carbocycles. The molecule has 7 nitrogen and oxygen atoms in total. The molecule has 0 spiro atoms. The number of halogens is 1. The molecule has 21 heavy (non-hydrogen) atoms. The summed E-state index contributed by atoms with van der Waals surface area (Å²) in [6, 6.07) is 0. The highest BCUT2D eigenvalue weighted by Gasteiger charge is 2.11. The van der Waals surface area contributed by atoms with Gasteiger partial charge in [-0.15, -0.1) is 0 Å². The quantitative estimate of drug-likeness (QED) is 0.563. The first-order chi connectivity index (χ1) is 10.2. The van der Waals surface area contributed by atoms with E-state index in [2.05, 4.69) is 20.4 Å². The van der Waals surface area contributed by atoms with E-state index in [4.69, 9.17) is 21.1 Å². The second-order valence-corrected chi connectivity index (χ2v) is 4.95. The number of nitrogens with zero attached hydrogens (tertiary/aromatic N) is 4. The van der Waals surface area contributed by atoms with Gasteiger partial charge in [-0.25, -0.2) is 0 Å². The number of anilines is 1. The molecular formula is C13H20ClN5O2. The van der Waals surface area contributed by atoms with Crippen LogP contribution >= 0.6 is 11.6 Å². The minimum atomic E-state index is 0.445. The van der Waals surface area contributed by atoms with Crippen molar-refractivity contribution >= 4 is 23.2 Å². The highest BCUT2D eigenvalue weighted by atomic mass is 35.5. The maximum absolute atomic E-state index is 6.10. The lowest BCUT2D eigenvalue weighted by Gasteiger charge is -2.11. The van der Waals surface area contributed by atoms with Gasteiger partial charge in [0.05, 0.1) is 13.2 Å². The molecular weight excluding hydrogens is 294 g/mol. The van der Waals surface area contributed by atoms with Gasteiger partial charge in [0.15, 0.2) is 0 Å². The van der Waals surface area contributed by atoms with E-state index in [9.17, 15) is 0 Å². The number of ether oxygens (including phenoxy) is 2.